The Bertz CT molecular complexity index is 643. The topological polar surface area (TPSA) is 54.0 Å². The minimum Gasteiger partial charge on any atom is -0.370 e. The number of benzene rings is 1. The van der Waals surface area contributed by atoms with Gasteiger partial charge in [-0.2, -0.15) is 0 Å². The van der Waals surface area contributed by atoms with Gasteiger partial charge in [0.05, 0.1) is 5.56 Å². The lowest BCUT2D eigenvalue weighted by atomic mass is 10.1. The first-order valence-electron chi connectivity index (χ1n) is 7.83. The molecule has 2 rings (SSSR count). The summed E-state index contributed by atoms with van der Waals surface area (Å²) in [5, 5.41) is 6.92. The molecule has 1 unspecified atom stereocenters. The van der Waals surface area contributed by atoms with Gasteiger partial charge in [0.25, 0.3) is 5.91 Å². The number of anilines is 1. The molecule has 2 aromatic rings. The van der Waals surface area contributed by atoms with Crippen LogP contribution in [0.25, 0.3) is 0 Å². The molecule has 0 saturated heterocycles. The number of nitrogens with zero attached hydrogens (tertiary/aromatic N) is 1. The lowest BCUT2D eigenvalue weighted by Gasteiger charge is -2.11. The van der Waals surface area contributed by atoms with E-state index in [1.165, 1.54) is 5.56 Å². The fourth-order valence-electron chi connectivity index (χ4n) is 2.07. The summed E-state index contributed by atoms with van der Waals surface area (Å²) in [4.78, 5) is 16.3. The van der Waals surface area contributed by atoms with Gasteiger partial charge >= 0.3 is 0 Å². The van der Waals surface area contributed by atoms with Crippen molar-refractivity contribution in [3.63, 3.8) is 0 Å². The van der Waals surface area contributed by atoms with Crippen LogP contribution in [0.15, 0.2) is 42.6 Å². The van der Waals surface area contributed by atoms with Crippen molar-refractivity contribution in [1.29, 1.82) is 0 Å². The second kappa shape index (κ2) is 8.53. The van der Waals surface area contributed by atoms with Crippen molar-refractivity contribution in [3.8, 4) is 0 Å². The Hall–Kier alpha value is -2.07. The third-order valence-corrected chi connectivity index (χ3v) is 3.86. The summed E-state index contributed by atoms with van der Waals surface area (Å²) in [7, 11) is 0. The molecule has 0 aliphatic heterocycles. The van der Waals surface area contributed by atoms with Gasteiger partial charge in [-0.3, -0.25) is 4.79 Å². The quantitative estimate of drug-likeness (QED) is 0.808. The zero-order valence-corrected chi connectivity index (χ0v) is 14.2. The highest BCUT2D eigenvalue weighted by Crippen LogP contribution is 2.11. The van der Waals surface area contributed by atoms with Crippen LogP contribution in [-0.2, 0) is 6.42 Å². The average molecular weight is 332 g/mol. The van der Waals surface area contributed by atoms with E-state index in [0.717, 1.165) is 30.2 Å². The first kappa shape index (κ1) is 17.3. The summed E-state index contributed by atoms with van der Waals surface area (Å²) < 4.78 is 0. The van der Waals surface area contributed by atoms with Gasteiger partial charge < -0.3 is 10.6 Å². The van der Waals surface area contributed by atoms with Gasteiger partial charge in [-0.05, 0) is 49.6 Å². The Kier molecular flexibility index (Phi) is 6.41. The van der Waals surface area contributed by atoms with E-state index in [4.69, 9.17) is 11.6 Å². The molecule has 1 aromatic carbocycles. The molecular formula is C18H22ClN3O. The number of carbonyl (C=O) groups excluding carboxylic acids is 1. The van der Waals surface area contributed by atoms with Crippen molar-refractivity contribution in [3.05, 3.63) is 58.7 Å². The number of aromatic nitrogens is 1. The van der Waals surface area contributed by atoms with Gasteiger partial charge in [-0.1, -0.05) is 30.7 Å². The standard InChI is InChI=1S/C18H22ClN3O/c1-3-13(2)22-18(23)15-7-8-17(21-12-15)20-10-9-14-5-4-6-16(19)11-14/h4-8,11-13H,3,9-10H2,1-2H3,(H,20,21)(H,22,23). The highest BCUT2D eigenvalue weighted by molar-refractivity contribution is 6.30. The Labute approximate surface area is 142 Å². The SMILES string of the molecule is CCC(C)NC(=O)c1ccc(NCCc2cccc(Cl)c2)nc1. The number of nitrogens with one attached hydrogen (secondary N) is 2. The molecule has 0 bridgehead atoms. The number of halogens is 1. The van der Waals surface area contributed by atoms with E-state index in [2.05, 4.69) is 15.6 Å². The van der Waals surface area contributed by atoms with Gasteiger partial charge in [-0.25, -0.2) is 4.98 Å². The highest BCUT2D eigenvalue weighted by atomic mass is 35.5. The Morgan fingerprint density at radius 3 is 2.78 bits per heavy atom. The van der Waals surface area contributed by atoms with Crippen LogP contribution in [0, 0.1) is 0 Å². The second-order valence-electron chi connectivity index (χ2n) is 5.52. The number of hydrogen-bond acceptors (Lipinski definition) is 3. The van der Waals surface area contributed by atoms with Crippen LogP contribution < -0.4 is 10.6 Å². The van der Waals surface area contributed by atoms with Crippen molar-refractivity contribution >= 4 is 23.3 Å². The third-order valence-electron chi connectivity index (χ3n) is 3.62. The van der Waals surface area contributed by atoms with E-state index in [-0.39, 0.29) is 11.9 Å². The van der Waals surface area contributed by atoms with Crippen LogP contribution in [0.3, 0.4) is 0 Å². The summed E-state index contributed by atoms with van der Waals surface area (Å²) in [5.74, 6) is 0.671. The van der Waals surface area contributed by atoms with Crippen molar-refractivity contribution in [2.75, 3.05) is 11.9 Å². The second-order valence-corrected chi connectivity index (χ2v) is 5.96. The maximum atomic E-state index is 12.0. The summed E-state index contributed by atoms with van der Waals surface area (Å²) in [5.41, 5.74) is 1.75. The predicted octanol–water partition coefficient (Wildman–Crippen LogP) is 3.92. The Morgan fingerprint density at radius 1 is 1.30 bits per heavy atom. The number of carbonyl (C=O) groups is 1. The third kappa shape index (κ3) is 5.57. The monoisotopic (exact) mass is 331 g/mol. The van der Waals surface area contributed by atoms with Gasteiger partial charge in [0.2, 0.25) is 0 Å². The Morgan fingerprint density at radius 2 is 2.13 bits per heavy atom. The average Bonchev–Trinajstić information content (AvgIpc) is 2.55. The van der Waals surface area contributed by atoms with E-state index in [1.807, 2.05) is 44.2 Å². The molecule has 1 atom stereocenters. The molecule has 0 saturated carbocycles. The maximum Gasteiger partial charge on any atom is 0.253 e. The normalized spacial score (nSPS) is 11.8. The number of amides is 1. The maximum absolute atomic E-state index is 12.0. The molecule has 5 heteroatoms. The van der Waals surface area contributed by atoms with Crippen LogP contribution in [0.2, 0.25) is 5.02 Å². The summed E-state index contributed by atoms with van der Waals surface area (Å²) in [6.07, 6.45) is 3.36. The predicted molar refractivity (Wildman–Crippen MR) is 95.1 cm³/mol. The fraction of sp³-hybridized carbons (Fsp3) is 0.333. The molecule has 0 fully saturated rings. The molecule has 0 spiro atoms. The van der Waals surface area contributed by atoms with Crippen LogP contribution >= 0.6 is 11.6 Å². The summed E-state index contributed by atoms with van der Waals surface area (Å²) in [6, 6.07) is 11.6. The first-order chi connectivity index (χ1) is 11.1. The number of rotatable bonds is 7. The molecule has 1 heterocycles. The van der Waals surface area contributed by atoms with E-state index in [9.17, 15) is 4.79 Å². The number of hydrogen-bond donors (Lipinski definition) is 2. The molecule has 0 aliphatic rings. The summed E-state index contributed by atoms with van der Waals surface area (Å²) in [6.45, 7) is 4.78. The zero-order valence-electron chi connectivity index (χ0n) is 13.5. The van der Waals surface area contributed by atoms with E-state index >= 15 is 0 Å². The van der Waals surface area contributed by atoms with Crippen molar-refractivity contribution < 1.29 is 4.79 Å². The van der Waals surface area contributed by atoms with Crippen LogP contribution in [0.1, 0.15) is 36.2 Å². The van der Waals surface area contributed by atoms with E-state index < -0.39 is 0 Å². The van der Waals surface area contributed by atoms with Crippen molar-refractivity contribution in [2.24, 2.45) is 0 Å². The molecule has 4 nitrogen and oxygen atoms in total. The van der Waals surface area contributed by atoms with E-state index in [0.29, 0.717) is 5.56 Å². The first-order valence-corrected chi connectivity index (χ1v) is 8.21. The lowest BCUT2D eigenvalue weighted by Crippen LogP contribution is -2.31. The molecule has 23 heavy (non-hydrogen) atoms. The van der Waals surface area contributed by atoms with Gasteiger partial charge in [0.1, 0.15) is 5.82 Å². The minimum atomic E-state index is -0.0858. The largest absolute Gasteiger partial charge is 0.370 e. The van der Waals surface area contributed by atoms with Gasteiger partial charge in [0, 0.05) is 23.8 Å². The highest BCUT2D eigenvalue weighted by Gasteiger charge is 2.08. The molecule has 0 aliphatic carbocycles. The zero-order chi connectivity index (χ0) is 16.7. The van der Waals surface area contributed by atoms with Crippen LogP contribution in [-0.4, -0.2) is 23.5 Å². The molecular weight excluding hydrogens is 310 g/mol. The van der Waals surface area contributed by atoms with Crippen molar-refractivity contribution in [2.45, 2.75) is 32.7 Å². The van der Waals surface area contributed by atoms with Crippen LogP contribution in [0.4, 0.5) is 5.82 Å². The minimum absolute atomic E-state index is 0.0858. The summed E-state index contributed by atoms with van der Waals surface area (Å²) >= 11 is 5.96. The fourth-order valence-corrected chi connectivity index (χ4v) is 2.28. The van der Waals surface area contributed by atoms with Crippen LogP contribution in [0.5, 0.6) is 0 Å². The van der Waals surface area contributed by atoms with Gasteiger partial charge in [0.15, 0.2) is 0 Å². The van der Waals surface area contributed by atoms with Gasteiger partial charge in [-0.15, -0.1) is 0 Å². The molecule has 2 N–H and O–H groups in total. The Balaban J connectivity index is 1.84. The lowest BCUT2D eigenvalue weighted by molar-refractivity contribution is 0.0939. The van der Waals surface area contributed by atoms with E-state index in [1.54, 1.807) is 12.3 Å². The molecule has 0 radical (unpaired) electrons. The molecule has 122 valence electrons. The number of pyridine rings is 1. The van der Waals surface area contributed by atoms with Crippen molar-refractivity contribution in [1.82, 2.24) is 10.3 Å². The molecule has 1 amide bonds. The smallest absolute Gasteiger partial charge is 0.253 e. The molecule has 1 aromatic heterocycles.